The molecule has 0 aliphatic heterocycles. The second-order valence-corrected chi connectivity index (χ2v) is 6.37. The van der Waals surface area contributed by atoms with Gasteiger partial charge in [0.25, 0.3) is 11.1 Å². The normalized spacial score (nSPS) is 10.7. The van der Waals surface area contributed by atoms with Crippen molar-refractivity contribution in [3.8, 4) is 5.75 Å². The molecule has 2 aromatic carbocycles. The van der Waals surface area contributed by atoms with E-state index in [1.54, 1.807) is 18.2 Å². The first kappa shape index (κ1) is 16.2. The van der Waals surface area contributed by atoms with Crippen molar-refractivity contribution < 1.29 is 9.15 Å². The van der Waals surface area contributed by atoms with Crippen LogP contribution in [0.5, 0.6) is 5.75 Å². The monoisotopic (exact) mass is 366 g/mol. The van der Waals surface area contributed by atoms with Crippen molar-refractivity contribution >= 4 is 35.0 Å². The molecule has 0 spiro atoms. The Hall–Kier alpha value is -1.69. The van der Waals surface area contributed by atoms with E-state index in [0.29, 0.717) is 26.9 Å². The molecule has 0 fully saturated rings. The van der Waals surface area contributed by atoms with Crippen LogP contribution in [0.15, 0.2) is 58.2 Å². The van der Waals surface area contributed by atoms with Crippen molar-refractivity contribution in [2.45, 2.75) is 17.6 Å². The fourth-order valence-corrected chi connectivity index (χ4v) is 3.01. The molecule has 1 aromatic heterocycles. The third-order valence-electron chi connectivity index (χ3n) is 2.90. The lowest BCUT2D eigenvalue weighted by atomic mass is 10.2. The van der Waals surface area contributed by atoms with Gasteiger partial charge in [-0.1, -0.05) is 65.3 Å². The maximum atomic E-state index is 6.04. The third-order valence-corrected chi connectivity index (χ3v) is 4.32. The summed E-state index contributed by atoms with van der Waals surface area (Å²) >= 11 is 13.4. The van der Waals surface area contributed by atoms with Gasteiger partial charge in [0.15, 0.2) is 6.61 Å². The summed E-state index contributed by atoms with van der Waals surface area (Å²) in [4.78, 5) is 0. The van der Waals surface area contributed by atoms with E-state index in [2.05, 4.69) is 22.3 Å². The average molecular weight is 367 g/mol. The molecule has 3 aromatic rings. The molecule has 1 heterocycles. The molecule has 23 heavy (non-hydrogen) atoms. The fraction of sp³-hybridized carbons (Fsp3) is 0.125. The molecule has 0 unspecified atom stereocenters. The Labute approximate surface area is 147 Å². The molecule has 0 bridgehead atoms. The van der Waals surface area contributed by atoms with E-state index in [4.69, 9.17) is 32.4 Å². The average Bonchev–Trinajstić information content (AvgIpc) is 3.01. The van der Waals surface area contributed by atoms with E-state index in [-0.39, 0.29) is 6.61 Å². The molecule has 0 atom stereocenters. The molecule has 0 saturated heterocycles. The van der Waals surface area contributed by atoms with E-state index >= 15 is 0 Å². The summed E-state index contributed by atoms with van der Waals surface area (Å²) in [7, 11) is 0. The number of nitrogens with zero attached hydrogens (tertiary/aromatic N) is 2. The number of aromatic nitrogens is 2. The maximum Gasteiger partial charge on any atom is 0.277 e. The molecule has 3 rings (SSSR count). The van der Waals surface area contributed by atoms with Gasteiger partial charge < -0.3 is 9.15 Å². The van der Waals surface area contributed by atoms with E-state index in [9.17, 15) is 0 Å². The van der Waals surface area contributed by atoms with Crippen LogP contribution in [-0.4, -0.2) is 10.2 Å². The summed E-state index contributed by atoms with van der Waals surface area (Å²) in [6, 6.07) is 15.1. The largest absolute Gasteiger partial charge is 0.482 e. The highest BCUT2D eigenvalue weighted by atomic mass is 35.5. The van der Waals surface area contributed by atoms with E-state index in [1.807, 2.05) is 18.2 Å². The lowest BCUT2D eigenvalue weighted by Crippen LogP contribution is -1.96. The van der Waals surface area contributed by atoms with E-state index in [0.717, 1.165) is 5.75 Å². The Morgan fingerprint density at radius 1 is 1.04 bits per heavy atom. The van der Waals surface area contributed by atoms with Gasteiger partial charge in [-0.25, -0.2) is 0 Å². The number of rotatable bonds is 6. The van der Waals surface area contributed by atoms with Crippen LogP contribution >= 0.6 is 35.0 Å². The smallest absolute Gasteiger partial charge is 0.277 e. The highest BCUT2D eigenvalue weighted by molar-refractivity contribution is 7.98. The number of thioether (sulfide) groups is 1. The van der Waals surface area contributed by atoms with Crippen molar-refractivity contribution in [2.75, 3.05) is 0 Å². The Morgan fingerprint density at radius 2 is 1.87 bits per heavy atom. The number of hydrogen-bond acceptors (Lipinski definition) is 5. The molecule has 0 aliphatic carbocycles. The van der Waals surface area contributed by atoms with E-state index < -0.39 is 0 Å². The van der Waals surface area contributed by atoms with Gasteiger partial charge in [0.1, 0.15) is 5.75 Å². The van der Waals surface area contributed by atoms with Gasteiger partial charge in [0.2, 0.25) is 0 Å². The van der Waals surface area contributed by atoms with E-state index in [1.165, 1.54) is 17.3 Å². The van der Waals surface area contributed by atoms with Crippen LogP contribution in [0.4, 0.5) is 0 Å². The number of hydrogen-bond donors (Lipinski definition) is 0. The highest BCUT2D eigenvalue weighted by Gasteiger charge is 2.09. The first-order valence-corrected chi connectivity index (χ1v) is 8.52. The van der Waals surface area contributed by atoms with Crippen LogP contribution in [0.25, 0.3) is 0 Å². The summed E-state index contributed by atoms with van der Waals surface area (Å²) < 4.78 is 11.1. The van der Waals surface area contributed by atoms with Gasteiger partial charge in [-0.05, 0) is 23.8 Å². The van der Waals surface area contributed by atoms with Crippen molar-refractivity contribution in [2.24, 2.45) is 0 Å². The zero-order valence-electron chi connectivity index (χ0n) is 11.9. The zero-order valence-corrected chi connectivity index (χ0v) is 14.2. The molecular weight excluding hydrogens is 355 g/mol. The molecule has 0 saturated carbocycles. The van der Waals surface area contributed by atoms with Crippen LogP contribution in [-0.2, 0) is 12.4 Å². The minimum absolute atomic E-state index is 0.153. The predicted octanol–water partition coefficient (Wildman–Crippen LogP) is 5.25. The van der Waals surface area contributed by atoms with Crippen molar-refractivity contribution in [3.05, 3.63) is 70.0 Å². The van der Waals surface area contributed by atoms with Crippen LogP contribution in [0.2, 0.25) is 10.0 Å². The summed E-state index contributed by atoms with van der Waals surface area (Å²) in [5.41, 5.74) is 1.20. The Bertz CT molecular complexity index is 781. The second kappa shape index (κ2) is 7.73. The van der Waals surface area contributed by atoms with Crippen molar-refractivity contribution in [3.63, 3.8) is 0 Å². The minimum atomic E-state index is 0.153. The quantitative estimate of drug-likeness (QED) is 0.557. The summed E-state index contributed by atoms with van der Waals surface area (Å²) in [5, 5.41) is 9.46. The van der Waals surface area contributed by atoms with Crippen LogP contribution < -0.4 is 4.74 Å². The lowest BCUT2D eigenvalue weighted by Gasteiger charge is -2.05. The molecule has 4 nitrogen and oxygen atoms in total. The zero-order chi connectivity index (χ0) is 16.1. The SMILES string of the molecule is Clc1ccc(OCc2nnc(SCc3ccccc3)o2)c(Cl)c1. The second-order valence-electron chi connectivity index (χ2n) is 4.60. The molecule has 0 N–H and O–H groups in total. The Kier molecular flexibility index (Phi) is 5.43. The van der Waals surface area contributed by atoms with Gasteiger partial charge in [-0.2, -0.15) is 0 Å². The summed E-state index contributed by atoms with van der Waals surface area (Å²) in [5.74, 6) is 1.69. The standard InChI is InChI=1S/C16H12Cl2N2O2S/c17-12-6-7-14(13(18)8-12)21-9-15-19-20-16(22-15)23-10-11-4-2-1-3-5-11/h1-8H,9-10H2. The minimum Gasteiger partial charge on any atom is -0.482 e. The molecule has 0 aliphatic rings. The summed E-state index contributed by atoms with van der Waals surface area (Å²) in [6.45, 7) is 0.153. The van der Waals surface area contributed by atoms with Crippen LogP contribution in [0.3, 0.4) is 0 Å². The van der Waals surface area contributed by atoms with Gasteiger partial charge in [0.05, 0.1) is 5.02 Å². The first-order chi connectivity index (χ1) is 11.2. The van der Waals surface area contributed by atoms with Gasteiger partial charge in [-0.15, -0.1) is 10.2 Å². The molecule has 118 valence electrons. The molecule has 7 heteroatoms. The molecular formula is C16H12Cl2N2O2S. The summed E-state index contributed by atoms with van der Waals surface area (Å²) in [6.07, 6.45) is 0. The van der Waals surface area contributed by atoms with Gasteiger partial charge >= 0.3 is 0 Å². The molecule has 0 amide bonds. The van der Waals surface area contributed by atoms with Crippen molar-refractivity contribution in [1.29, 1.82) is 0 Å². The highest BCUT2D eigenvalue weighted by Crippen LogP contribution is 2.28. The Balaban J connectivity index is 1.55. The number of halogens is 2. The predicted molar refractivity (Wildman–Crippen MR) is 91.1 cm³/mol. The lowest BCUT2D eigenvalue weighted by molar-refractivity contribution is 0.252. The first-order valence-electron chi connectivity index (χ1n) is 6.77. The topological polar surface area (TPSA) is 48.2 Å². The number of benzene rings is 2. The van der Waals surface area contributed by atoms with Crippen LogP contribution in [0, 0.1) is 0 Å². The van der Waals surface area contributed by atoms with Crippen LogP contribution in [0.1, 0.15) is 11.5 Å². The Morgan fingerprint density at radius 3 is 2.65 bits per heavy atom. The third kappa shape index (κ3) is 4.64. The number of ether oxygens (including phenoxy) is 1. The van der Waals surface area contributed by atoms with Crippen molar-refractivity contribution in [1.82, 2.24) is 10.2 Å². The fourth-order valence-electron chi connectivity index (χ4n) is 1.81. The van der Waals surface area contributed by atoms with Gasteiger partial charge in [0, 0.05) is 10.8 Å². The van der Waals surface area contributed by atoms with Gasteiger partial charge in [-0.3, -0.25) is 0 Å². The maximum absolute atomic E-state index is 6.04. The molecule has 0 radical (unpaired) electrons.